The van der Waals surface area contributed by atoms with E-state index in [1.807, 2.05) is 18.2 Å². The first kappa shape index (κ1) is 25.4. The number of nitrogens with zero attached hydrogens (tertiary/aromatic N) is 5. The summed E-state index contributed by atoms with van der Waals surface area (Å²) in [6.07, 6.45) is 3.38. The highest BCUT2D eigenvalue weighted by molar-refractivity contribution is 6.31. The van der Waals surface area contributed by atoms with Crippen LogP contribution in [-0.2, 0) is 13.0 Å². The zero-order valence-electron chi connectivity index (χ0n) is 20.2. The molecule has 1 aliphatic rings. The third-order valence-electron chi connectivity index (χ3n) is 6.00. The molecule has 0 aliphatic carbocycles. The van der Waals surface area contributed by atoms with Crippen LogP contribution in [0.2, 0.25) is 5.02 Å². The van der Waals surface area contributed by atoms with Gasteiger partial charge in [-0.15, -0.1) is 0 Å². The first-order valence-electron chi connectivity index (χ1n) is 11.8. The average Bonchev–Trinajstić information content (AvgIpc) is 2.88. The van der Waals surface area contributed by atoms with Crippen molar-refractivity contribution in [3.63, 3.8) is 0 Å². The maximum Gasteiger partial charge on any atom is 0.324 e. The summed E-state index contributed by atoms with van der Waals surface area (Å²) >= 11 is 6.46. The van der Waals surface area contributed by atoms with Gasteiger partial charge in [0, 0.05) is 49.1 Å². The number of anilines is 3. The van der Waals surface area contributed by atoms with Gasteiger partial charge in [0.1, 0.15) is 6.07 Å². The van der Waals surface area contributed by atoms with Crippen LogP contribution < -0.4 is 20.9 Å². The summed E-state index contributed by atoms with van der Waals surface area (Å²) in [5.74, 6) is 0.245. The van der Waals surface area contributed by atoms with Crippen LogP contribution in [0, 0.1) is 11.3 Å². The van der Waals surface area contributed by atoms with Crippen molar-refractivity contribution >= 4 is 34.8 Å². The molecule has 10 heteroatoms. The number of aromatic nitrogens is 2. The van der Waals surface area contributed by atoms with Gasteiger partial charge in [-0.2, -0.15) is 5.26 Å². The summed E-state index contributed by atoms with van der Waals surface area (Å²) in [5, 5.41) is 18.1. The molecule has 0 unspecified atom stereocenters. The zero-order valence-corrected chi connectivity index (χ0v) is 20.9. The fourth-order valence-corrected chi connectivity index (χ4v) is 4.22. The molecular formula is C26H29ClN8O. The van der Waals surface area contributed by atoms with Gasteiger partial charge in [-0.25, -0.2) is 14.8 Å². The molecule has 1 saturated heterocycles. The zero-order chi connectivity index (χ0) is 25.3. The first-order chi connectivity index (χ1) is 17.5. The Morgan fingerprint density at radius 2 is 1.92 bits per heavy atom. The minimum atomic E-state index is -0.474. The summed E-state index contributed by atoms with van der Waals surface area (Å²) in [4.78, 5) is 24.8. The SMILES string of the molecule is CN1CCN(c2cccc(CNCCc3ccc(NC(=O)Nc4cnc(C#N)cn4)cc3Cl)c2)CC1. The maximum atomic E-state index is 12.2. The predicted molar refractivity (Wildman–Crippen MR) is 142 cm³/mol. The lowest BCUT2D eigenvalue weighted by molar-refractivity contribution is 0.262. The summed E-state index contributed by atoms with van der Waals surface area (Å²) in [5.41, 5.74) is 4.28. The van der Waals surface area contributed by atoms with Crippen molar-refractivity contribution in [3.8, 4) is 6.07 Å². The summed E-state index contributed by atoms with van der Waals surface area (Å²) in [6, 6.07) is 15.6. The molecule has 3 aromatic rings. The monoisotopic (exact) mass is 504 g/mol. The summed E-state index contributed by atoms with van der Waals surface area (Å²) in [7, 11) is 2.17. The molecule has 2 heterocycles. The molecular weight excluding hydrogens is 476 g/mol. The molecule has 0 atom stereocenters. The van der Waals surface area contributed by atoms with E-state index in [-0.39, 0.29) is 11.5 Å². The number of benzene rings is 2. The molecule has 9 nitrogen and oxygen atoms in total. The molecule has 3 N–H and O–H groups in total. The fraction of sp³-hybridized carbons (Fsp3) is 0.308. The molecule has 0 bridgehead atoms. The third-order valence-corrected chi connectivity index (χ3v) is 6.35. The molecule has 1 aromatic heterocycles. The molecule has 0 spiro atoms. The quantitative estimate of drug-likeness (QED) is 0.401. The largest absolute Gasteiger partial charge is 0.369 e. The third kappa shape index (κ3) is 7.15. The van der Waals surface area contributed by atoms with Gasteiger partial charge in [0.2, 0.25) is 0 Å². The Bertz CT molecular complexity index is 1220. The van der Waals surface area contributed by atoms with Gasteiger partial charge in [-0.1, -0.05) is 29.8 Å². The van der Waals surface area contributed by atoms with E-state index < -0.39 is 6.03 Å². The number of nitrogens with one attached hydrogen (secondary N) is 3. The molecule has 4 rings (SSSR count). The number of urea groups is 1. The Kier molecular flexibility index (Phi) is 8.68. The number of carbonyl (C=O) groups is 1. The molecule has 2 amide bonds. The number of rotatable bonds is 8. The van der Waals surface area contributed by atoms with E-state index in [9.17, 15) is 4.79 Å². The van der Waals surface area contributed by atoms with E-state index in [4.69, 9.17) is 16.9 Å². The van der Waals surface area contributed by atoms with Crippen LogP contribution in [0.15, 0.2) is 54.9 Å². The fourth-order valence-electron chi connectivity index (χ4n) is 3.94. The molecule has 1 fully saturated rings. The van der Waals surface area contributed by atoms with Crippen molar-refractivity contribution in [1.82, 2.24) is 20.2 Å². The Hall–Kier alpha value is -3.71. The van der Waals surface area contributed by atoms with E-state index in [2.05, 4.69) is 67.0 Å². The van der Waals surface area contributed by atoms with Crippen LogP contribution in [0.1, 0.15) is 16.8 Å². The van der Waals surface area contributed by atoms with E-state index in [0.29, 0.717) is 10.7 Å². The van der Waals surface area contributed by atoms with Crippen LogP contribution in [0.25, 0.3) is 0 Å². The van der Waals surface area contributed by atoms with E-state index in [1.54, 1.807) is 6.07 Å². The lowest BCUT2D eigenvalue weighted by atomic mass is 10.1. The molecule has 0 saturated carbocycles. The normalized spacial score (nSPS) is 13.8. The highest BCUT2D eigenvalue weighted by Gasteiger charge is 2.14. The van der Waals surface area contributed by atoms with Crippen LogP contribution in [0.5, 0.6) is 0 Å². The van der Waals surface area contributed by atoms with Gasteiger partial charge in [0.15, 0.2) is 11.5 Å². The van der Waals surface area contributed by atoms with Gasteiger partial charge < -0.3 is 20.4 Å². The van der Waals surface area contributed by atoms with Crippen molar-refractivity contribution in [2.45, 2.75) is 13.0 Å². The van der Waals surface area contributed by atoms with Crippen LogP contribution in [-0.4, -0.2) is 60.7 Å². The summed E-state index contributed by atoms with van der Waals surface area (Å²) < 4.78 is 0. The van der Waals surface area contributed by atoms with Gasteiger partial charge >= 0.3 is 6.03 Å². The number of hydrogen-bond donors (Lipinski definition) is 3. The van der Waals surface area contributed by atoms with Crippen molar-refractivity contribution in [1.29, 1.82) is 5.26 Å². The van der Waals surface area contributed by atoms with Gasteiger partial charge in [-0.05, 0) is 55.4 Å². The number of piperazine rings is 1. The molecule has 36 heavy (non-hydrogen) atoms. The second-order valence-corrected chi connectivity index (χ2v) is 9.08. The number of amides is 2. The number of halogens is 1. The standard InChI is InChI=1S/C26H29ClN8O/c1-34-9-11-35(12-10-34)23-4-2-3-19(13-23)16-29-8-7-20-5-6-21(14-24(20)27)32-26(36)33-25-18-30-22(15-28)17-31-25/h2-6,13-14,17-18,29H,7-12,16H2,1H3,(H2,31,32,33,36). The molecule has 0 radical (unpaired) electrons. The molecule has 2 aromatic carbocycles. The minimum Gasteiger partial charge on any atom is -0.369 e. The minimum absolute atomic E-state index is 0.178. The van der Waals surface area contributed by atoms with Crippen LogP contribution >= 0.6 is 11.6 Å². The van der Waals surface area contributed by atoms with Crippen molar-refractivity contribution in [2.75, 3.05) is 55.3 Å². The van der Waals surface area contributed by atoms with Crippen molar-refractivity contribution in [3.05, 3.63) is 76.7 Å². The van der Waals surface area contributed by atoms with Crippen LogP contribution in [0.3, 0.4) is 0 Å². The second-order valence-electron chi connectivity index (χ2n) is 8.67. The lowest BCUT2D eigenvalue weighted by Crippen LogP contribution is -2.44. The van der Waals surface area contributed by atoms with E-state index in [0.717, 1.165) is 51.3 Å². The van der Waals surface area contributed by atoms with Gasteiger partial charge in [-0.3, -0.25) is 5.32 Å². The highest BCUT2D eigenvalue weighted by atomic mass is 35.5. The molecule has 1 aliphatic heterocycles. The smallest absolute Gasteiger partial charge is 0.324 e. The van der Waals surface area contributed by atoms with E-state index >= 15 is 0 Å². The van der Waals surface area contributed by atoms with Gasteiger partial charge in [0.05, 0.1) is 12.4 Å². The number of nitriles is 1. The summed E-state index contributed by atoms with van der Waals surface area (Å²) in [6.45, 7) is 5.87. The number of hydrogen-bond acceptors (Lipinski definition) is 7. The van der Waals surface area contributed by atoms with Crippen LogP contribution in [0.4, 0.5) is 22.0 Å². The van der Waals surface area contributed by atoms with E-state index in [1.165, 1.54) is 23.6 Å². The highest BCUT2D eigenvalue weighted by Crippen LogP contribution is 2.22. The molecule has 186 valence electrons. The topological polar surface area (TPSA) is 109 Å². The lowest BCUT2D eigenvalue weighted by Gasteiger charge is -2.34. The van der Waals surface area contributed by atoms with Gasteiger partial charge in [0.25, 0.3) is 0 Å². The Labute approximate surface area is 216 Å². The first-order valence-corrected chi connectivity index (χ1v) is 12.2. The maximum absolute atomic E-state index is 12.2. The second kappa shape index (κ2) is 12.3. The predicted octanol–water partition coefficient (Wildman–Crippen LogP) is 3.73. The number of likely N-dealkylation sites (N-methyl/N-ethyl adjacent to an activating group) is 1. The Morgan fingerprint density at radius 3 is 2.64 bits per heavy atom. The average molecular weight is 505 g/mol. The number of carbonyl (C=O) groups excluding carboxylic acids is 1. The Morgan fingerprint density at radius 1 is 1.08 bits per heavy atom. The van der Waals surface area contributed by atoms with Crippen molar-refractivity contribution < 1.29 is 4.79 Å². The van der Waals surface area contributed by atoms with Crippen molar-refractivity contribution in [2.24, 2.45) is 0 Å². The Balaban J connectivity index is 1.23.